The zero-order chi connectivity index (χ0) is 16.0. The molecule has 6 heteroatoms. The lowest BCUT2D eigenvalue weighted by atomic mass is 9.87. The van der Waals surface area contributed by atoms with Gasteiger partial charge in [0, 0.05) is 13.0 Å². The first-order valence-corrected chi connectivity index (χ1v) is 7.23. The van der Waals surface area contributed by atoms with Gasteiger partial charge >= 0.3 is 12.1 Å². The van der Waals surface area contributed by atoms with Gasteiger partial charge in [-0.3, -0.25) is 4.90 Å². The van der Waals surface area contributed by atoms with Crippen molar-refractivity contribution in [1.29, 1.82) is 5.26 Å². The van der Waals surface area contributed by atoms with Gasteiger partial charge in [-0.05, 0) is 46.0 Å². The number of carbonyl (C=O) groups excluding carboxylic acids is 2. The number of hydrogen-bond donors (Lipinski definition) is 0. The molecule has 1 aliphatic heterocycles. The van der Waals surface area contributed by atoms with E-state index < -0.39 is 23.7 Å². The molecule has 1 amide bonds. The Bertz CT molecular complexity index is 422. The molecule has 0 bridgehead atoms. The second-order valence-electron chi connectivity index (χ2n) is 6.30. The number of piperidine rings is 1. The van der Waals surface area contributed by atoms with Gasteiger partial charge in [0.1, 0.15) is 11.6 Å². The lowest BCUT2D eigenvalue weighted by Crippen LogP contribution is -2.51. The lowest BCUT2D eigenvalue weighted by molar-refractivity contribution is -0.148. The van der Waals surface area contributed by atoms with E-state index in [1.165, 1.54) is 12.0 Å². The number of likely N-dealkylation sites (tertiary alicyclic amines) is 1. The van der Waals surface area contributed by atoms with Gasteiger partial charge < -0.3 is 9.47 Å². The average Bonchev–Trinajstić information content (AvgIpc) is 2.42. The monoisotopic (exact) mass is 296 g/mol. The fourth-order valence-electron chi connectivity index (χ4n) is 2.47. The van der Waals surface area contributed by atoms with Crippen LogP contribution in [0.15, 0.2) is 0 Å². The van der Waals surface area contributed by atoms with Gasteiger partial charge in [0.15, 0.2) is 0 Å². The molecule has 1 heterocycles. The van der Waals surface area contributed by atoms with Gasteiger partial charge in [0.05, 0.1) is 13.2 Å². The molecule has 0 spiro atoms. The van der Waals surface area contributed by atoms with Crippen LogP contribution < -0.4 is 0 Å². The number of hydrogen-bond acceptors (Lipinski definition) is 5. The molecule has 0 aromatic carbocycles. The molecule has 0 radical (unpaired) electrons. The maximum Gasteiger partial charge on any atom is 0.411 e. The van der Waals surface area contributed by atoms with Crippen molar-refractivity contribution in [3.63, 3.8) is 0 Å². The zero-order valence-corrected chi connectivity index (χ0v) is 13.2. The van der Waals surface area contributed by atoms with Gasteiger partial charge in [-0.15, -0.1) is 0 Å². The van der Waals surface area contributed by atoms with Gasteiger partial charge in [-0.2, -0.15) is 5.26 Å². The summed E-state index contributed by atoms with van der Waals surface area (Å²) >= 11 is 0. The molecule has 0 aromatic heterocycles. The summed E-state index contributed by atoms with van der Waals surface area (Å²) in [5, 5.41) is 8.66. The summed E-state index contributed by atoms with van der Waals surface area (Å²) in [5.74, 6) is -0.171. The van der Waals surface area contributed by atoms with Crippen LogP contribution in [0.2, 0.25) is 0 Å². The van der Waals surface area contributed by atoms with Crippen molar-refractivity contribution in [2.24, 2.45) is 5.92 Å². The van der Waals surface area contributed by atoms with E-state index in [-0.39, 0.29) is 5.92 Å². The highest BCUT2D eigenvalue weighted by Gasteiger charge is 2.38. The first-order valence-electron chi connectivity index (χ1n) is 7.23. The second-order valence-corrected chi connectivity index (χ2v) is 6.30. The van der Waals surface area contributed by atoms with Crippen LogP contribution in [0.4, 0.5) is 4.79 Å². The smallest absolute Gasteiger partial charge is 0.411 e. The van der Waals surface area contributed by atoms with E-state index >= 15 is 0 Å². The number of rotatable bonds is 3. The van der Waals surface area contributed by atoms with E-state index in [0.29, 0.717) is 19.4 Å². The first-order chi connectivity index (χ1) is 9.78. The second kappa shape index (κ2) is 7.30. The summed E-state index contributed by atoms with van der Waals surface area (Å²) in [5.41, 5.74) is -0.602. The van der Waals surface area contributed by atoms with Crippen molar-refractivity contribution < 1.29 is 19.1 Å². The predicted molar refractivity (Wildman–Crippen MR) is 76.3 cm³/mol. The minimum atomic E-state index is -0.623. The minimum absolute atomic E-state index is 0.257. The van der Waals surface area contributed by atoms with Crippen molar-refractivity contribution >= 4 is 12.1 Å². The maximum atomic E-state index is 12.2. The molecule has 0 aromatic rings. The van der Waals surface area contributed by atoms with Crippen molar-refractivity contribution in [2.75, 3.05) is 13.7 Å². The SMILES string of the molecule is COC(=O)[C@@H]1C[C@H](CCC#N)CCN1C(=O)OC(C)(C)C. The Kier molecular flexibility index (Phi) is 6.01. The molecule has 1 rings (SSSR count). The molecule has 0 N–H and O–H groups in total. The number of methoxy groups -OCH3 is 1. The number of nitrogens with zero attached hydrogens (tertiary/aromatic N) is 2. The van der Waals surface area contributed by atoms with Crippen LogP contribution in [0.5, 0.6) is 0 Å². The number of carbonyl (C=O) groups is 2. The summed E-state index contributed by atoms with van der Waals surface area (Å²) in [6.45, 7) is 5.82. The molecule has 6 nitrogen and oxygen atoms in total. The number of amides is 1. The molecule has 118 valence electrons. The topological polar surface area (TPSA) is 79.6 Å². The fraction of sp³-hybridized carbons (Fsp3) is 0.800. The number of nitriles is 1. The standard InChI is InChI=1S/C15H24N2O4/c1-15(2,3)21-14(19)17-9-7-11(6-5-8-16)10-12(17)13(18)20-4/h11-12H,5-7,9-10H2,1-4H3/t11-,12+/m1/s1. The molecular formula is C15H24N2O4. The average molecular weight is 296 g/mol. The van der Waals surface area contributed by atoms with E-state index in [0.717, 1.165) is 12.8 Å². The Morgan fingerprint density at radius 1 is 1.38 bits per heavy atom. The molecule has 0 saturated carbocycles. The Hall–Kier alpha value is -1.77. The maximum absolute atomic E-state index is 12.2. The molecular weight excluding hydrogens is 272 g/mol. The fourth-order valence-corrected chi connectivity index (χ4v) is 2.47. The van der Waals surface area contributed by atoms with Crippen LogP contribution >= 0.6 is 0 Å². The molecule has 1 saturated heterocycles. The van der Waals surface area contributed by atoms with Gasteiger partial charge in [-0.1, -0.05) is 0 Å². The van der Waals surface area contributed by atoms with Crippen LogP contribution in [0, 0.1) is 17.2 Å². The van der Waals surface area contributed by atoms with Crippen LogP contribution in [0.25, 0.3) is 0 Å². The van der Waals surface area contributed by atoms with E-state index in [2.05, 4.69) is 6.07 Å². The lowest BCUT2D eigenvalue weighted by Gasteiger charge is -2.38. The largest absolute Gasteiger partial charge is 0.467 e. The van der Waals surface area contributed by atoms with Crippen molar-refractivity contribution in [3.05, 3.63) is 0 Å². The molecule has 2 atom stereocenters. The van der Waals surface area contributed by atoms with Crippen molar-refractivity contribution in [1.82, 2.24) is 4.90 Å². The third kappa shape index (κ3) is 5.25. The number of ether oxygens (including phenoxy) is 2. The van der Waals surface area contributed by atoms with E-state index in [1.807, 2.05) is 0 Å². The van der Waals surface area contributed by atoms with E-state index in [9.17, 15) is 9.59 Å². The Balaban J connectivity index is 2.77. The molecule has 1 aliphatic rings. The summed E-state index contributed by atoms with van der Waals surface area (Å²) in [7, 11) is 1.31. The quantitative estimate of drug-likeness (QED) is 0.747. The van der Waals surface area contributed by atoms with Gasteiger partial charge in [-0.25, -0.2) is 9.59 Å². The van der Waals surface area contributed by atoms with Crippen LogP contribution in [-0.4, -0.2) is 42.3 Å². The van der Waals surface area contributed by atoms with Crippen LogP contribution in [-0.2, 0) is 14.3 Å². The minimum Gasteiger partial charge on any atom is -0.467 e. The summed E-state index contributed by atoms with van der Waals surface area (Å²) in [6.07, 6.45) is 2.01. The summed E-state index contributed by atoms with van der Waals surface area (Å²) < 4.78 is 10.1. The molecule has 1 fully saturated rings. The third-order valence-electron chi connectivity index (χ3n) is 3.48. The van der Waals surface area contributed by atoms with Crippen molar-refractivity contribution in [2.45, 2.75) is 58.1 Å². The van der Waals surface area contributed by atoms with E-state index in [1.54, 1.807) is 20.8 Å². The highest BCUT2D eigenvalue weighted by molar-refractivity contribution is 5.81. The van der Waals surface area contributed by atoms with E-state index in [4.69, 9.17) is 14.7 Å². The molecule has 21 heavy (non-hydrogen) atoms. The van der Waals surface area contributed by atoms with Crippen LogP contribution in [0.3, 0.4) is 0 Å². The van der Waals surface area contributed by atoms with Gasteiger partial charge in [0.25, 0.3) is 0 Å². The van der Waals surface area contributed by atoms with Crippen molar-refractivity contribution in [3.8, 4) is 6.07 Å². The third-order valence-corrected chi connectivity index (χ3v) is 3.48. The highest BCUT2D eigenvalue weighted by atomic mass is 16.6. The first kappa shape index (κ1) is 17.3. The highest BCUT2D eigenvalue weighted by Crippen LogP contribution is 2.28. The Morgan fingerprint density at radius 2 is 2.05 bits per heavy atom. The Morgan fingerprint density at radius 3 is 2.57 bits per heavy atom. The predicted octanol–water partition coefficient (Wildman–Crippen LogP) is 2.48. The Labute approximate surface area is 126 Å². The zero-order valence-electron chi connectivity index (χ0n) is 13.2. The molecule has 0 unspecified atom stereocenters. The van der Waals surface area contributed by atoms with Crippen LogP contribution in [0.1, 0.15) is 46.5 Å². The van der Waals surface area contributed by atoms with Gasteiger partial charge in [0.2, 0.25) is 0 Å². The summed E-state index contributed by atoms with van der Waals surface area (Å²) in [6, 6.07) is 1.49. The number of esters is 1. The molecule has 0 aliphatic carbocycles. The normalized spacial score (nSPS) is 22.3. The summed E-state index contributed by atoms with van der Waals surface area (Å²) in [4.78, 5) is 25.6.